The first-order valence-corrected chi connectivity index (χ1v) is 9.44. The molecule has 3 rings (SSSR count). The summed E-state index contributed by atoms with van der Waals surface area (Å²) in [5, 5.41) is 7.37. The molecule has 0 spiro atoms. The third-order valence-corrected chi connectivity index (χ3v) is 4.51. The Bertz CT molecular complexity index is 954. The van der Waals surface area contributed by atoms with Gasteiger partial charge >= 0.3 is 0 Å². The molecule has 1 atom stereocenters. The van der Waals surface area contributed by atoms with Crippen LogP contribution in [0.1, 0.15) is 30.4 Å². The van der Waals surface area contributed by atoms with Crippen molar-refractivity contribution in [2.75, 3.05) is 0 Å². The molecule has 1 N–H and O–H groups in total. The Kier molecular flexibility index (Phi) is 6.31. The van der Waals surface area contributed by atoms with Gasteiger partial charge in [0.2, 0.25) is 11.7 Å². The zero-order chi connectivity index (χ0) is 20.1. The number of aryl methyl sites for hydroxylation is 2. The summed E-state index contributed by atoms with van der Waals surface area (Å²) in [6.45, 7) is 5.98. The maximum atomic E-state index is 12.5. The van der Waals surface area contributed by atoms with E-state index in [9.17, 15) is 4.79 Å². The van der Waals surface area contributed by atoms with E-state index in [2.05, 4.69) is 15.5 Å². The van der Waals surface area contributed by atoms with Crippen molar-refractivity contribution >= 4 is 17.5 Å². The molecule has 1 amide bonds. The third kappa shape index (κ3) is 4.89. The number of carbonyl (C=O) groups excluding carboxylic acids is 1. The second kappa shape index (κ2) is 8.89. The van der Waals surface area contributed by atoms with Gasteiger partial charge in [0.1, 0.15) is 5.75 Å². The molecule has 6 nitrogen and oxygen atoms in total. The first kappa shape index (κ1) is 19.9. The highest BCUT2D eigenvalue weighted by atomic mass is 35.5. The fourth-order valence-electron chi connectivity index (χ4n) is 2.63. The van der Waals surface area contributed by atoms with Gasteiger partial charge in [-0.1, -0.05) is 35.8 Å². The standard InChI is InChI=1S/C21H22ClN3O3/c1-4-17(27-18-11-13(2)5-6-14(18)3)21(26)23-12-19-24-20(25-28-19)15-7-9-16(22)10-8-15/h5-11,17H,4,12H2,1-3H3,(H,23,26)/t17-/m0/s1. The molecule has 1 aromatic heterocycles. The molecule has 146 valence electrons. The summed E-state index contributed by atoms with van der Waals surface area (Å²) in [4.78, 5) is 16.8. The number of ether oxygens (including phenoxy) is 1. The quantitative estimate of drug-likeness (QED) is 0.633. The number of aromatic nitrogens is 2. The molecule has 2 aromatic carbocycles. The Balaban J connectivity index is 1.61. The van der Waals surface area contributed by atoms with E-state index >= 15 is 0 Å². The largest absolute Gasteiger partial charge is 0.480 e. The molecule has 7 heteroatoms. The van der Waals surface area contributed by atoms with Crippen LogP contribution in [0.5, 0.6) is 5.75 Å². The predicted octanol–water partition coefficient (Wildman–Crippen LogP) is 4.48. The van der Waals surface area contributed by atoms with Gasteiger partial charge in [-0.2, -0.15) is 4.98 Å². The van der Waals surface area contributed by atoms with Crippen molar-refractivity contribution in [3.05, 3.63) is 64.5 Å². The van der Waals surface area contributed by atoms with Gasteiger partial charge in [-0.3, -0.25) is 4.79 Å². The highest BCUT2D eigenvalue weighted by Gasteiger charge is 2.20. The first-order chi connectivity index (χ1) is 13.5. The second-order valence-electron chi connectivity index (χ2n) is 6.52. The van der Waals surface area contributed by atoms with E-state index in [0.717, 1.165) is 16.7 Å². The number of hydrogen-bond donors (Lipinski definition) is 1. The number of amides is 1. The minimum absolute atomic E-state index is 0.131. The van der Waals surface area contributed by atoms with Crippen LogP contribution in [-0.4, -0.2) is 22.2 Å². The van der Waals surface area contributed by atoms with Crippen molar-refractivity contribution < 1.29 is 14.1 Å². The number of halogens is 1. The second-order valence-corrected chi connectivity index (χ2v) is 6.96. The molecule has 0 fully saturated rings. The van der Waals surface area contributed by atoms with Gasteiger partial charge in [0.15, 0.2) is 6.10 Å². The van der Waals surface area contributed by atoms with E-state index in [1.54, 1.807) is 24.3 Å². The Hall–Kier alpha value is -2.86. The first-order valence-electron chi connectivity index (χ1n) is 9.06. The Morgan fingerprint density at radius 2 is 1.96 bits per heavy atom. The molecular weight excluding hydrogens is 378 g/mol. The summed E-state index contributed by atoms with van der Waals surface area (Å²) in [6, 6.07) is 13.0. The van der Waals surface area contributed by atoms with Crippen LogP contribution in [0.4, 0.5) is 0 Å². The lowest BCUT2D eigenvalue weighted by Crippen LogP contribution is -2.37. The van der Waals surface area contributed by atoms with Crippen molar-refractivity contribution in [1.82, 2.24) is 15.5 Å². The smallest absolute Gasteiger partial charge is 0.261 e. The van der Waals surface area contributed by atoms with Gasteiger partial charge in [0.25, 0.3) is 5.91 Å². The van der Waals surface area contributed by atoms with E-state index in [1.807, 2.05) is 39.0 Å². The predicted molar refractivity (Wildman–Crippen MR) is 107 cm³/mol. The Morgan fingerprint density at radius 3 is 2.68 bits per heavy atom. The van der Waals surface area contributed by atoms with Crippen molar-refractivity contribution in [2.24, 2.45) is 0 Å². The number of rotatable bonds is 7. The molecule has 0 saturated heterocycles. The monoisotopic (exact) mass is 399 g/mol. The lowest BCUT2D eigenvalue weighted by Gasteiger charge is -2.18. The highest BCUT2D eigenvalue weighted by molar-refractivity contribution is 6.30. The van der Waals surface area contributed by atoms with E-state index < -0.39 is 6.10 Å². The normalized spacial score (nSPS) is 11.9. The third-order valence-electron chi connectivity index (χ3n) is 4.26. The molecule has 28 heavy (non-hydrogen) atoms. The number of hydrogen-bond acceptors (Lipinski definition) is 5. The molecule has 0 aliphatic carbocycles. The van der Waals surface area contributed by atoms with Gasteiger partial charge in [0, 0.05) is 10.6 Å². The van der Waals surface area contributed by atoms with Crippen LogP contribution in [0, 0.1) is 13.8 Å². The van der Waals surface area contributed by atoms with Crippen molar-refractivity contribution in [3.8, 4) is 17.1 Å². The summed E-state index contributed by atoms with van der Waals surface area (Å²) in [5.74, 6) is 1.25. The van der Waals surface area contributed by atoms with E-state index in [1.165, 1.54) is 0 Å². The topological polar surface area (TPSA) is 77.2 Å². The molecule has 0 bridgehead atoms. The minimum Gasteiger partial charge on any atom is -0.480 e. The maximum Gasteiger partial charge on any atom is 0.261 e. The summed E-state index contributed by atoms with van der Waals surface area (Å²) >= 11 is 5.89. The maximum absolute atomic E-state index is 12.5. The van der Waals surface area contributed by atoms with Gasteiger partial charge in [0.05, 0.1) is 6.54 Å². The molecule has 0 aliphatic rings. The summed E-state index contributed by atoms with van der Waals surface area (Å²) in [5.41, 5.74) is 2.85. The van der Waals surface area contributed by atoms with Crippen molar-refractivity contribution in [1.29, 1.82) is 0 Å². The van der Waals surface area contributed by atoms with Crippen LogP contribution in [0.3, 0.4) is 0 Å². The van der Waals surface area contributed by atoms with E-state index in [0.29, 0.717) is 28.9 Å². The lowest BCUT2D eigenvalue weighted by molar-refractivity contribution is -0.128. The molecule has 0 aliphatic heterocycles. The zero-order valence-electron chi connectivity index (χ0n) is 16.0. The molecular formula is C21H22ClN3O3. The summed E-state index contributed by atoms with van der Waals surface area (Å²) in [7, 11) is 0. The molecule has 0 saturated carbocycles. The minimum atomic E-state index is -0.598. The van der Waals surface area contributed by atoms with Gasteiger partial charge in [-0.15, -0.1) is 0 Å². The van der Waals surface area contributed by atoms with Crippen molar-refractivity contribution in [3.63, 3.8) is 0 Å². The number of nitrogens with one attached hydrogen (secondary N) is 1. The number of nitrogens with zero attached hydrogens (tertiary/aromatic N) is 2. The Morgan fingerprint density at radius 1 is 1.21 bits per heavy atom. The van der Waals surface area contributed by atoms with Gasteiger partial charge in [-0.25, -0.2) is 0 Å². The fourth-order valence-corrected chi connectivity index (χ4v) is 2.76. The Labute approximate surface area is 168 Å². The fraction of sp³-hybridized carbons (Fsp3) is 0.286. The van der Waals surface area contributed by atoms with Crippen LogP contribution >= 0.6 is 11.6 Å². The lowest BCUT2D eigenvalue weighted by atomic mass is 10.1. The van der Waals surface area contributed by atoms with Crippen LogP contribution in [0.2, 0.25) is 5.02 Å². The average Bonchev–Trinajstić information content (AvgIpc) is 3.16. The zero-order valence-corrected chi connectivity index (χ0v) is 16.8. The van der Waals surface area contributed by atoms with Crippen LogP contribution < -0.4 is 10.1 Å². The summed E-state index contributed by atoms with van der Waals surface area (Å²) in [6.07, 6.45) is -0.0573. The van der Waals surface area contributed by atoms with Crippen LogP contribution in [0.15, 0.2) is 47.0 Å². The van der Waals surface area contributed by atoms with E-state index in [4.69, 9.17) is 20.9 Å². The molecule has 0 radical (unpaired) electrons. The molecule has 1 heterocycles. The summed E-state index contributed by atoms with van der Waals surface area (Å²) < 4.78 is 11.1. The average molecular weight is 400 g/mol. The van der Waals surface area contributed by atoms with Gasteiger partial charge < -0.3 is 14.6 Å². The molecule has 0 unspecified atom stereocenters. The number of carbonyl (C=O) groups is 1. The highest BCUT2D eigenvalue weighted by Crippen LogP contribution is 2.22. The molecule has 3 aromatic rings. The van der Waals surface area contributed by atoms with Crippen LogP contribution in [-0.2, 0) is 11.3 Å². The van der Waals surface area contributed by atoms with Crippen LogP contribution in [0.25, 0.3) is 11.4 Å². The van der Waals surface area contributed by atoms with Gasteiger partial charge in [-0.05, 0) is 61.7 Å². The van der Waals surface area contributed by atoms with Crippen molar-refractivity contribution in [2.45, 2.75) is 39.8 Å². The number of benzene rings is 2. The SMILES string of the molecule is CC[C@H](Oc1cc(C)ccc1C)C(=O)NCc1nc(-c2ccc(Cl)cc2)no1. The van der Waals surface area contributed by atoms with E-state index in [-0.39, 0.29) is 12.5 Å².